The molecule has 1 aliphatic heterocycles. The monoisotopic (exact) mass is 248 g/mol. The molecule has 1 heterocycles. The van der Waals surface area contributed by atoms with Crippen LogP contribution in [-0.4, -0.2) is 30.7 Å². The number of nitrogens with zero attached hydrogens (tertiary/aromatic N) is 1. The average Bonchev–Trinajstić information content (AvgIpc) is 2.62. The Kier molecular flexibility index (Phi) is 4.04. The highest BCUT2D eigenvalue weighted by molar-refractivity contribution is 8.01. The number of hydrogen-bond donors (Lipinski definition) is 1. The van der Waals surface area contributed by atoms with Crippen LogP contribution in [0.4, 0.5) is 0 Å². The molecular weight excluding hydrogens is 232 g/mol. The molecule has 0 aliphatic carbocycles. The zero-order chi connectivity index (χ0) is 11.5. The largest absolute Gasteiger partial charge is 0.227 e. The first-order valence-corrected chi connectivity index (χ1v) is 7.45. The van der Waals surface area contributed by atoms with Gasteiger partial charge in [0.2, 0.25) is 10.0 Å². The number of thioether (sulfide) groups is 1. The van der Waals surface area contributed by atoms with E-state index in [-0.39, 0.29) is 4.75 Å². The van der Waals surface area contributed by atoms with E-state index in [1.165, 1.54) is 6.92 Å². The predicted molar refractivity (Wildman–Crippen MR) is 62.1 cm³/mol. The summed E-state index contributed by atoms with van der Waals surface area (Å²) in [6, 6.07) is 1.74. The van der Waals surface area contributed by atoms with Crippen molar-refractivity contribution < 1.29 is 8.42 Å². The van der Waals surface area contributed by atoms with Gasteiger partial charge < -0.3 is 0 Å². The van der Waals surface area contributed by atoms with E-state index in [1.54, 1.807) is 17.8 Å². The standard InChI is InChI=1S/C9H16N2O2S2/c1-8(6-10)15(12,13)11-7-9(2)4-3-5-14-9/h8,11H,3-5,7H2,1-2H3. The van der Waals surface area contributed by atoms with Gasteiger partial charge in [0.05, 0.1) is 6.07 Å². The molecule has 0 aromatic carbocycles. The van der Waals surface area contributed by atoms with Gasteiger partial charge in [-0.3, -0.25) is 0 Å². The van der Waals surface area contributed by atoms with E-state index in [4.69, 9.17) is 5.26 Å². The Bertz CT molecular complexity index is 353. The number of rotatable bonds is 4. The van der Waals surface area contributed by atoms with Crippen LogP contribution >= 0.6 is 11.8 Å². The van der Waals surface area contributed by atoms with E-state index in [0.29, 0.717) is 6.54 Å². The van der Waals surface area contributed by atoms with Gasteiger partial charge in [0, 0.05) is 11.3 Å². The van der Waals surface area contributed by atoms with Crippen molar-refractivity contribution in [3.63, 3.8) is 0 Å². The SMILES string of the molecule is CC(C#N)S(=O)(=O)NCC1(C)CCCS1. The average molecular weight is 248 g/mol. The molecule has 2 atom stereocenters. The lowest BCUT2D eigenvalue weighted by molar-refractivity contribution is 0.549. The Labute approximate surface area is 95.5 Å². The lowest BCUT2D eigenvalue weighted by atomic mass is 10.1. The van der Waals surface area contributed by atoms with Crippen LogP contribution in [0.15, 0.2) is 0 Å². The van der Waals surface area contributed by atoms with Gasteiger partial charge in [0.1, 0.15) is 0 Å². The highest BCUT2D eigenvalue weighted by Gasteiger charge is 2.31. The van der Waals surface area contributed by atoms with Crippen molar-refractivity contribution in [2.24, 2.45) is 0 Å². The zero-order valence-electron chi connectivity index (χ0n) is 8.99. The molecule has 1 N–H and O–H groups in total. The Morgan fingerprint density at radius 2 is 2.33 bits per heavy atom. The van der Waals surface area contributed by atoms with Gasteiger partial charge in [-0.25, -0.2) is 13.1 Å². The third kappa shape index (κ3) is 3.37. The molecule has 0 amide bonds. The zero-order valence-corrected chi connectivity index (χ0v) is 10.6. The topological polar surface area (TPSA) is 70.0 Å². The minimum Gasteiger partial charge on any atom is -0.213 e. The Morgan fingerprint density at radius 1 is 1.67 bits per heavy atom. The summed E-state index contributed by atoms with van der Waals surface area (Å²) in [5.41, 5.74) is 0. The van der Waals surface area contributed by atoms with Crippen LogP contribution in [0.3, 0.4) is 0 Å². The summed E-state index contributed by atoms with van der Waals surface area (Å²) in [7, 11) is -3.46. The summed E-state index contributed by atoms with van der Waals surface area (Å²) in [6.45, 7) is 3.88. The molecule has 0 bridgehead atoms. The van der Waals surface area contributed by atoms with Crippen molar-refractivity contribution >= 4 is 21.8 Å². The van der Waals surface area contributed by atoms with Gasteiger partial charge in [0.25, 0.3) is 0 Å². The second kappa shape index (κ2) is 4.73. The first kappa shape index (κ1) is 12.8. The van der Waals surface area contributed by atoms with E-state index in [1.807, 2.05) is 0 Å². The van der Waals surface area contributed by atoms with Crippen LogP contribution in [-0.2, 0) is 10.0 Å². The third-order valence-electron chi connectivity index (χ3n) is 2.60. The van der Waals surface area contributed by atoms with Crippen molar-refractivity contribution in [3.05, 3.63) is 0 Å². The van der Waals surface area contributed by atoms with Crippen molar-refractivity contribution in [2.75, 3.05) is 12.3 Å². The van der Waals surface area contributed by atoms with E-state index in [2.05, 4.69) is 11.6 Å². The molecule has 2 unspecified atom stereocenters. The fraction of sp³-hybridized carbons (Fsp3) is 0.889. The molecule has 1 fully saturated rings. The molecule has 0 aromatic heterocycles. The summed E-state index contributed by atoms with van der Waals surface area (Å²) in [4.78, 5) is 0. The number of hydrogen-bond acceptors (Lipinski definition) is 4. The first-order valence-electron chi connectivity index (χ1n) is 4.92. The Balaban J connectivity index is 2.53. The van der Waals surface area contributed by atoms with Gasteiger partial charge in [-0.1, -0.05) is 0 Å². The minimum atomic E-state index is -3.46. The lowest BCUT2D eigenvalue weighted by Crippen LogP contribution is -2.40. The van der Waals surface area contributed by atoms with Gasteiger partial charge >= 0.3 is 0 Å². The molecule has 0 saturated carbocycles. The highest BCUT2D eigenvalue weighted by atomic mass is 32.2. The number of nitrogens with one attached hydrogen (secondary N) is 1. The summed E-state index contributed by atoms with van der Waals surface area (Å²) in [5, 5.41) is 7.57. The first-order chi connectivity index (χ1) is 6.90. The summed E-state index contributed by atoms with van der Waals surface area (Å²) in [5.74, 6) is 1.09. The highest BCUT2D eigenvalue weighted by Crippen LogP contribution is 2.37. The predicted octanol–water partition coefficient (Wildman–Crippen LogP) is 1.10. The normalized spacial score (nSPS) is 28.6. The van der Waals surface area contributed by atoms with Gasteiger partial charge in [-0.15, -0.1) is 0 Å². The molecule has 4 nitrogen and oxygen atoms in total. The van der Waals surface area contributed by atoms with Crippen LogP contribution in [0.2, 0.25) is 0 Å². The Hall–Kier alpha value is -0.250. The molecule has 0 radical (unpaired) electrons. The maximum absolute atomic E-state index is 11.5. The molecule has 0 spiro atoms. The molecule has 1 saturated heterocycles. The van der Waals surface area contributed by atoms with Crippen LogP contribution in [0.5, 0.6) is 0 Å². The van der Waals surface area contributed by atoms with E-state index in [0.717, 1.165) is 18.6 Å². The molecule has 0 aromatic rings. The van der Waals surface area contributed by atoms with Crippen molar-refractivity contribution in [3.8, 4) is 6.07 Å². The smallest absolute Gasteiger partial charge is 0.213 e. The number of sulfonamides is 1. The fourth-order valence-electron chi connectivity index (χ4n) is 1.42. The molecule has 6 heteroatoms. The summed E-state index contributed by atoms with van der Waals surface area (Å²) < 4.78 is 25.6. The van der Waals surface area contributed by atoms with E-state index < -0.39 is 15.3 Å². The summed E-state index contributed by atoms with van der Waals surface area (Å²) >= 11 is 1.79. The second-order valence-electron chi connectivity index (χ2n) is 4.04. The van der Waals surface area contributed by atoms with Crippen LogP contribution in [0, 0.1) is 11.3 Å². The van der Waals surface area contributed by atoms with Gasteiger partial charge in [-0.2, -0.15) is 17.0 Å². The third-order valence-corrected chi connectivity index (χ3v) is 5.72. The van der Waals surface area contributed by atoms with Crippen molar-refractivity contribution in [2.45, 2.75) is 36.7 Å². The van der Waals surface area contributed by atoms with E-state index >= 15 is 0 Å². The van der Waals surface area contributed by atoms with E-state index in [9.17, 15) is 8.42 Å². The van der Waals surface area contributed by atoms with Gasteiger partial charge in [-0.05, 0) is 32.4 Å². The fourth-order valence-corrected chi connectivity index (χ4v) is 3.67. The molecule has 1 rings (SSSR count). The van der Waals surface area contributed by atoms with Crippen molar-refractivity contribution in [1.82, 2.24) is 4.72 Å². The molecule has 86 valence electrons. The molecular formula is C9H16N2O2S2. The molecule has 1 aliphatic rings. The lowest BCUT2D eigenvalue weighted by Gasteiger charge is -2.23. The minimum absolute atomic E-state index is 0.00223. The maximum Gasteiger partial charge on any atom is 0.227 e. The molecule has 15 heavy (non-hydrogen) atoms. The van der Waals surface area contributed by atoms with Crippen molar-refractivity contribution in [1.29, 1.82) is 5.26 Å². The van der Waals surface area contributed by atoms with Crippen LogP contribution in [0.1, 0.15) is 26.7 Å². The van der Waals surface area contributed by atoms with Crippen LogP contribution in [0.25, 0.3) is 0 Å². The maximum atomic E-state index is 11.5. The quantitative estimate of drug-likeness (QED) is 0.809. The Morgan fingerprint density at radius 3 is 2.80 bits per heavy atom. The van der Waals surface area contributed by atoms with Crippen LogP contribution < -0.4 is 4.72 Å². The summed E-state index contributed by atoms with van der Waals surface area (Å²) in [6.07, 6.45) is 2.16. The second-order valence-corrected chi connectivity index (χ2v) is 7.81. The number of nitriles is 1. The van der Waals surface area contributed by atoms with Gasteiger partial charge in [0.15, 0.2) is 5.25 Å².